The Labute approximate surface area is 184 Å². The van der Waals surface area contributed by atoms with E-state index in [4.69, 9.17) is 34.7 Å². The fourth-order valence-electron chi connectivity index (χ4n) is 3.11. The minimum absolute atomic E-state index is 0.0124. The summed E-state index contributed by atoms with van der Waals surface area (Å²) in [4.78, 5) is 32.7. The Morgan fingerprint density at radius 2 is 1.97 bits per heavy atom. The molecule has 0 aliphatic heterocycles. The van der Waals surface area contributed by atoms with E-state index in [2.05, 4.69) is 30.2 Å². The molecule has 0 saturated heterocycles. The van der Waals surface area contributed by atoms with Crippen molar-refractivity contribution >= 4 is 51.7 Å². The Bertz CT molecular complexity index is 1410. The van der Waals surface area contributed by atoms with Crippen LogP contribution < -0.4 is 22.3 Å². The fourth-order valence-corrected chi connectivity index (χ4v) is 3.54. The van der Waals surface area contributed by atoms with E-state index < -0.39 is 11.6 Å². The van der Waals surface area contributed by atoms with Gasteiger partial charge in [-0.05, 0) is 19.1 Å². The van der Waals surface area contributed by atoms with Crippen molar-refractivity contribution in [2.45, 2.75) is 13.0 Å². The number of aromatic amines is 1. The molecule has 11 nitrogen and oxygen atoms in total. The lowest BCUT2D eigenvalue weighted by Gasteiger charge is -2.20. The zero-order chi connectivity index (χ0) is 22.3. The van der Waals surface area contributed by atoms with E-state index in [1.807, 2.05) is 6.07 Å². The highest BCUT2D eigenvalue weighted by molar-refractivity contribution is 6.39. The van der Waals surface area contributed by atoms with E-state index in [0.717, 1.165) is 0 Å². The molecule has 1 atom stereocenters. The maximum Gasteiger partial charge on any atom is 0.268 e. The average molecular weight is 457 g/mol. The first-order valence-corrected chi connectivity index (χ1v) is 9.56. The number of nitrogen functional groups attached to an aromatic ring is 2. The summed E-state index contributed by atoms with van der Waals surface area (Å²) in [7, 11) is 0. The summed E-state index contributed by atoms with van der Waals surface area (Å²) in [6, 6.07) is 4.36. The van der Waals surface area contributed by atoms with E-state index in [1.54, 1.807) is 13.0 Å². The Morgan fingerprint density at radius 1 is 1.23 bits per heavy atom. The summed E-state index contributed by atoms with van der Waals surface area (Å²) in [6.45, 7) is 1.72. The first-order valence-electron chi connectivity index (χ1n) is 8.80. The van der Waals surface area contributed by atoms with Gasteiger partial charge in [0.05, 0.1) is 39.5 Å². The number of H-pyrrole nitrogens is 1. The number of aromatic nitrogens is 6. The van der Waals surface area contributed by atoms with Gasteiger partial charge in [-0.2, -0.15) is 15.2 Å². The molecule has 0 aliphatic carbocycles. The van der Waals surface area contributed by atoms with E-state index in [-0.39, 0.29) is 49.9 Å². The molecule has 3 heterocycles. The van der Waals surface area contributed by atoms with Crippen molar-refractivity contribution in [1.29, 1.82) is 5.26 Å². The number of nitrogens with one attached hydrogen (secondary N) is 2. The number of imidazole rings is 1. The van der Waals surface area contributed by atoms with E-state index in [0.29, 0.717) is 5.82 Å². The van der Waals surface area contributed by atoms with Crippen molar-refractivity contribution in [1.82, 2.24) is 29.5 Å². The third-order valence-corrected chi connectivity index (χ3v) is 5.10. The normalized spacial score (nSPS) is 11.9. The quantitative estimate of drug-likeness (QED) is 0.358. The van der Waals surface area contributed by atoms with Crippen molar-refractivity contribution < 1.29 is 0 Å². The van der Waals surface area contributed by atoms with Crippen LogP contribution in [0, 0.1) is 11.3 Å². The summed E-state index contributed by atoms with van der Waals surface area (Å²) < 4.78 is 1.31. The summed E-state index contributed by atoms with van der Waals surface area (Å²) >= 11 is 12.6. The maximum absolute atomic E-state index is 13.4. The van der Waals surface area contributed by atoms with Gasteiger partial charge >= 0.3 is 0 Å². The Morgan fingerprint density at radius 3 is 2.65 bits per heavy atom. The number of hydrogen-bond donors (Lipinski definition) is 4. The number of rotatable bonds is 4. The molecule has 0 bridgehead atoms. The lowest BCUT2D eigenvalue weighted by Crippen LogP contribution is -2.28. The minimum Gasteiger partial charge on any atom is -0.382 e. The number of anilines is 3. The molecule has 0 amide bonds. The van der Waals surface area contributed by atoms with Gasteiger partial charge in [-0.15, -0.1) is 0 Å². The number of nitrogens with two attached hydrogens (primary N) is 2. The smallest absolute Gasteiger partial charge is 0.268 e. The number of fused-ring (bicyclic) bond motifs is 1. The van der Waals surface area contributed by atoms with Crippen molar-refractivity contribution in [3.63, 3.8) is 0 Å². The second-order valence-electron chi connectivity index (χ2n) is 6.47. The Kier molecular flexibility index (Phi) is 5.10. The number of hydrogen-bond acceptors (Lipinski definition) is 9. The van der Waals surface area contributed by atoms with Crippen LogP contribution in [0.15, 0.2) is 29.5 Å². The molecule has 0 unspecified atom stereocenters. The molecule has 0 aliphatic rings. The highest BCUT2D eigenvalue weighted by atomic mass is 35.5. The molecule has 13 heteroatoms. The first-order chi connectivity index (χ1) is 14.8. The van der Waals surface area contributed by atoms with Crippen LogP contribution >= 0.6 is 23.2 Å². The SMILES string of the molecule is C[C@H](Nc1nc(N)nc(N)c1C#N)c1nc2c(Cl)ccc(Cl)c2c(=O)n1-c1cnc[nH]1. The molecular formula is C18H14Cl2N10O. The zero-order valence-electron chi connectivity index (χ0n) is 15.9. The minimum atomic E-state index is -0.656. The maximum atomic E-state index is 13.4. The molecule has 0 spiro atoms. The number of nitrogens with zero attached hydrogens (tertiary/aromatic N) is 6. The highest BCUT2D eigenvalue weighted by Gasteiger charge is 2.23. The molecule has 31 heavy (non-hydrogen) atoms. The number of halogens is 2. The van der Waals surface area contributed by atoms with Crippen molar-refractivity contribution in [2.75, 3.05) is 16.8 Å². The van der Waals surface area contributed by atoms with Crippen LogP contribution in [0.2, 0.25) is 10.0 Å². The van der Waals surface area contributed by atoms with Crippen LogP contribution in [0.25, 0.3) is 16.7 Å². The highest BCUT2D eigenvalue weighted by Crippen LogP contribution is 2.29. The molecule has 3 aromatic heterocycles. The first kappa shape index (κ1) is 20.4. The molecular weight excluding hydrogens is 443 g/mol. The molecule has 0 fully saturated rings. The van der Waals surface area contributed by atoms with Crippen LogP contribution in [0.1, 0.15) is 24.4 Å². The Hall–Kier alpha value is -3.88. The van der Waals surface area contributed by atoms with E-state index in [9.17, 15) is 10.1 Å². The predicted octanol–water partition coefficient (Wildman–Crippen LogP) is 2.41. The summed E-state index contributed by atoms with van der Waals surface area (Å²) in [5.74, 6) is 0.532. The third kappa shape index (κ3) is 3.48. The van der Waals surface area contributed by atoms with Crippen LogP contribution in [-0.2, 0) is 0 Å². The number of benzene rings is 1. The van der Waals surface area contributed by atoms with Gasteiger partial charge in [-0.25, -0.2) is 14.5 Å². The standard InChI is InChI=1S/C18H14Cl2N10O/c1-7(26-15-8(4-21)14(22)28-18(23)29-15)16-27-13-10(20)3-2-9(19)12(13)17(31)30(16)11-5-24-6-25-11/h2-3,5-7H,1H3,(H,24,25)(H5,22,23,26,28,29)/t7-/m0/s1. The van der Waals surface area contributed by atoms with Crippen molar-refractivity contribution in [2.24, 2.45) is 0 Å². The monoisotopic (exact) mass is 456 g/mol. The van der Waals surface area contributed by atoms with Crippen molar-refractivity contribution in [3.8, 4) is 11.9 Å². The predicted molar refractivity (Wildman–Crippen MR) is 117 cm³/mol. The van der Waals surface area contributed by atoms with Crippen LogP contribution in [-0.4, -0.2) is 29.5 Å². The molecule has 0 saturated carbocycles. The van der Waals surface area contributed by atoms with Crippen LogP contribution in [0.4, 0.5) is 17.6 Å². The second-order valence-corrected chi connectivity index (χ2v) is 7.28. The summed E-state index contributed by atoms with van der Waals surface area (Å²) in [5.41, 5.74) is 11.2. The van der Waals surface area contributed by atoms with Crippen molar-refractivity contribution in [3.05, 3.63) is 56.4 Å². The van der Waals surface area contributed by atoms with Crippen LogP contribution in [0.3, 0.4) is 0 Å². The van der Waals surface area contributed by atoms with Gasteiger partial charge in [-0.1, -0.05) is 23.2 Å². The molecule has 0 radical (unpaired) electrons. The van der Waals surface area contributed by atoms with Gasteiger partial charge in [0.2, 0.25) is 5.95 Å². The summed E-state index contributed by atoms with van der Waals surface area (Å²) in [5, 5.41) is 13.1. The Balaban J connectivity index is 1.96. The van der Waals surface area contributed by atoms with E-state index >= 15 is 0 Å². The largest absolute Gasteiger partial charge is 0.382 e. The molecule has 1 aromatic carbocycles. The molecule has 4 aromatic rings. The molecule has 156 valence electrons. The second kappa shape index (κ2) is 7.75. The summed E-state index contributed by atoms with van der Waals surface area (Å²) in [6.07, 6.45) is 2.89. The van der Waals surface area contributed by atoms with Gasteiger partial charge in [-0.3, -0.25) is 4.79 Å². The zero-order valence-corrected chi connectivity index (χ0v) is 17.4. The number of nitriles is 1. The van der Waals surface area contributed by atoms with E-state index in [1.165, 1.54) is 23.2 Å². The van der Waals surface area contributed by atoms with Gasteiger partial charge in [0, 0.05) is 0 Å². The third-order valence-electron chi connectivity index (χ3n) is 4.48. The fraction of sp³-hybridized carbons (Fsp3) is 0.111. The topological polar surface area (TPSA) is 177 Å². The lowest BCUT2D eigenvalue weighted by molar-refractivity contribution is 0.723. The van der Waals surface area contributed by atoms with Gasteiger partial charge in [0.25, 0.3) is 5.56 Å². The van der Waals surface area contributed by atoms with Gasteiger partial charge < -0.3 is 21.8 Å². The van der Waals surface area contributed by atoms with Crippen LogP contribution in [0.5, 0.6) is 0 Å². The average Bonchev–Trinajstić information content (AvgIpc) is 3.24. The lowest BCUT2D eigenvalue weighted by atomic mass is 10.2. The molecule has 6 N–H and O–H groups in total. The van der Waals surface area contributed by atoms with Gasteiger partial charge in [0.15, 0.2) is 5.82 Å². The molecule has 4 rings (SSSR count). The van der Waals surface area contributed by atoms with Gasteiger partial charge in [0.1, 0.15) is 29.1 Å².